The van der Waals surface area contributed by atoms with Crippen LogP contribution in [-0.4, -0.2) is 45.4 Å². The van der Waals surface area contributed by atoms with Crippen molar-refractivity contribution in [2.45, 2.75) is 11.5 Å². The van der Waals surface area contributed by atoms with Crippen LogP contribution in [0, 0.1) is 0 Å². The van der Waals surface area contributed by atoms with E-state index in [1.165, 1.54) is 7.85 Å². The van der Waals surface area contributed by atoms with Crippen molar-refractivity contribution in [3.8, 4) is 0 Å². The van der Waals surface area contributed by atoms with Crippen LogP contribution in [0.25, 0.3) is 0 Å². The third-order valence-electron chi connectivity index (χ3n) is 1.15. The van der Waals surface area contributed by atoms with Crippen LogP contribution < -0.4 is 10.2 Å². The van der Waals surface area contributed by atoms with E-state index in [4.69, 9.17) is 21.5 Å². The monoisotopic (exact) mass is 386 g/mol. The molecule has 0 saturated heterocycles. The number of rotatable bonds is 6. The van der Waals surface area contributed by atoms with Gasteiger partial charge in [0.05, 0.1) is 11.0 Å². The molecule has 0 aromatic heterocycles. The molecule has 90 valence electrons. The molecule has 2 unspecified atom stereocenters. The van der Waals surface area contributed by atoms with E-state index in [-0.39, 0.29) is 10.7 Å². The maximum Gasteiger partial charge on any atom is 0.305 e. The maximum atomic E-state index is 11.6. The molecule has 2 atom stereocenters. The van der Waals surface area contributed by atoms with Crippen molar-refractivity contribution >= 4 is 57.7 Å². The first-order valence-corrected chi connectivity index (χ1v) is 8.57. The smallest absolute Gasteiger partial charge is 0.305 e. The number of aliphatic hydroxyl groups is 3. The zero-order valence-electron chi connectivity index (χ0n) is 7.75. The van der Waals surface area contributed by atoms with E-state index in [1.54, 1.807) is 0 Å². The lowest BCUT2D eigenvalue weighted by Crippen LogP contribution is -2.51. The molecule has 6 nitrogen and oxygen atoms in total. The Labute approximate surface area is 110 Å². The molecule has 0 aliphatic heterocycles. The van der Waals surface area contributed by atoms with Crippen molar-refractivity contribution < 1.29 is 19.9 Å². The van der Waals surface area contributed by atoms with Gasteiger partial charge in [0.2, 0.25) is 5.91 Å². The van der Waals surface area contributed by atoms with Crippen LogP contribution in [0.4, 0.5) is 0 Å². The molecule has 0 aliphatic carbocycles. The number of alkyl halides is 2. The summed E-state index contributed by atoms with van der Waals surface area (Å²) in [7, 11) is 1.32. The summed E-state index contributed by atoms with van der Waals surface area (Å²) < 4.78 is 11.6. The molecule has 0 aromatic carbocycles. The fourth-order valence-corrected chi connectivity index (χ4v) is 3.59. The average molecular weight is 388 g/mol. The number of hydrogen-bond donors (Lipinski definition) is 5. The number of halogens is 3. The number of nitrogens with one attached hydrogen (secondary N) is 2. The minimum atomic E-state index is -3.81. The summed E-state index contributed by atoms with van der Waals surface area (Å²) in [6, 6.07) is 0. The third-order valence-corrected chi connectivity index (χ3v) is 4.95. The van der Waals surface area contributed by atoms with Gasteiger partial charge in [0, 0.05) is 5.33 Å². The SMILES string of the molecule is BC(O)(CBr)NP(=O)(Cl)NC(O)(O)CBr. The molecule has 0 saturated carbocycles. The first kappa shape index (κ1) is 16.3. The van der Waals surface area contributed by atoms with Gasteiger partial charge in [-0.25, -0.2) is 5.09 Å². The van der Waals surface area contributed by atoms with Gasteiger partial charge in [0.1, 0.15) is 0 Å². The Morgan fingerprint density at radius 1 is 1.27 bits per heavy atom. The van der Waals surface area contributed by atoms with Crippen molar-refractivity contribution in [3.63, 3.8) is 0 Å². The maximum absolute atomic E-state index is 11.6. The fraction of sp³-hybridized carbons (Fsp3) is 1.00. The van der Waals surface area contributed by atoms with Crippen molar-refractivity contribution in [1.29, 1.82) is 0 Å². The van der Waals surface area contributed by atoms with Gasteiger partial charge in [-0.2, -0.15) is 5.09 Å². The van der Waals surface area contributed by atoms with Gasteiger partial charge in [-0.3, -0.25) is 4.57 Å². The molecule has 15 heavy (non-hydrogen) atoms. The summed E-state index contributed by atoms with van der Waals surface area (Å²) >= 11 is 11.2. The van der Waals surface area contributed by atoms with Crippen molar-refractivity contribution in [3.05, 3.63) is 0 Å². The summed E-state index contributed by atoms with van der Waals surface area (Å²) in [5, 5.41) is 31.6. The van der Waals surface area contributed by atoms with E-state index in [2.05, 4.69) is 36.9 Å². The number of hydrogen-bond acceptors (Lipinski definition) is 4. The molecular weight excluding hydrogens is 377 g/mol. The van der Waals surface area contributed by atoms with E-state index in [9.17, 15) is 9.67 Å². The Kier molecular flexibility index (Phi) is 6.31. The van der Waals surface area contributed by atoms with Crippen LogP contribution in [0.2, 0.25) is 0 Å². The lowest BCUT2D eigenvalue weighted by atomic mass is 9.95. The van der Waals surface area contributed by atoms with Gasteiger partial charge in [0.15, 0.2) is 7.85 Å². The zero-order valence-corrected chi connectivity index (χ0v) is 12.6. The minimum absolute atomic E-state index is 0.0660. The summed E-state index contributed by atoms with van der Waals surface area (Å²) in [5.41, 5.74) is -1.54. The Bertz CT molecular complexity index is 247. The molecule has 0 spiro atoms. The molecule has 0 bridgehead atoms. The highest BCUT2D eigenvalue weighted by atomic mass is 79.9. The second kappa shape index (κ2) is 5.79. The van der Waals surface area contributed by atoms with E-state index < -0.39 is 18.3 Å². The standard InChI is InChI=1S/C4H11BBr2ClN2O4P/c5-3(11,1-6)9-15(8,14)10-4(12,13)2-7/h11-13H,1-2,5H2,(H2,9,10,14). The normalized spacial score (nSPS) is 20.7. The summed E-state index contributed by atoms with van der Waals surface area (Å²) in [6.45, 7) is -3.81. The van der Waals surface area contributed by atoms with Gasteiger partial charge >= 0.3 is 6.80 Å². The minimum Gasteiger partial charge on any atom is -0.383 e. The van der Waals surface area contributed by atoms with Crippen LogP contribution in [0.15, 0.2) is 0 Å². The van der Waals surface area contributed by atoms with E-state index in [0.717, 1.165) is 0 Å². The Hall–Kier alpha value is 1.34. The van der Waals surface area contributed by atoms with Crippen LogP contribution in [0.3, 0.4) is 0 Å². The zero-order chi connectivity index (χ0) is 12.3. The molecule has 5 N–H and O–H groups in total. The molecule has 0 amide bonds. The summed E-state index contributed by atoms with van der Waals surface area (Å²) in [6.07, 6.45) is 0. The second-order valence-corrected chi connectivity index (χ2v) is 7.18. The average Bonchev–Trinajstić information content (AvgIpc) is 2.00. The van der Waals surface area contributed by atoms with E-state index in [1.807, 2.05) is 5.09 Å². The molecule has 0 aromatic rings. The Balaban J connectivity index is 4.51. The molecular formula is C4H11BBr2ClN2O4P. The first-order valence-electron chi connectivity index (χ1n) is 3.71. The van der Waals surface area contributed by atoms with Crippen LogP contribution >= 0.6 is 49.9 Å². The van der Waals surface area contributed by atoms with Crippen molar-refractivity contribution in [1.82, 2.24) is 10.2 Å². The predicted molar refractivity (Wildman–Crippen MR) is 68.0 cm³/mol. The Morgan fingerprint density at radius 2 is 1.73 bits per heavy atom. The van der Waals surface area contributed by atoms with Gasteiger partial charge in [0.25, 0.3) is 0 Å². The predicted octanol–water partition coefficient (Wildman–Crippen LogP) is -0.780. The second-order valence-electron chi connectivity index (χ2n) is 3.11. The Morgan fingerprint density at radius 3 is 2.07 bits per heavy atom. The van der Waals surface area contributed by atoms with Crippen LogP contribution in [0.1, 0.15) is 0 Å². The van der Waals surface area contributed by atoms with Crippen molar-refractivity contribution in [2.75, 3.05) is 10.7 Å². The summed E-state index contributed by atoms with van der Waals surface area (Å²) in [4.78, 5) is 0. The van der Waals surface area contributed by atoms with Gasteiger partial charge in [-0.15, -0.1) is 0 Å². The molecule has 0 heterocycles. The van der Waals surface area contributed by atoms with E-state index in [0.29, 0.717) is 0 Å². The highest BCUT2D eigenvalue weighted by molar-refractivity contribution is 9.09. The molecule has 0 aliphatic rings. The molecule has 0 rings (SSSR count). The van der Waals surface area contributed by atoms with Crippen LogP contribution in [0.5, 0.6) is 0 Å². The fourth-order valence-electron chi connectivity index (χ4n) is 0.628. The van der Waals surface area contributed by atoms with Gasteiger partial charge in [-0.05, 0) is 11.2 Å². The molecule has 11 heteroatoms. The largest absolute Gasteiger partial charge is 0.383 e. The highest BCUT2D eigenvalue weighted by Crippen LogP contribution is 2.45. The molecule has 0 fully saturated rings. The van der Waals surface area contributed by atoms with Crippen molar-refractivity contribution in [2.24, 2.45) is 0 Å². The van der Waals surface area contributed by atoms with E-state index >= 15 is 0 Å². The lowest BCUT2D eigenvalue weighted by Gasteiger charge is -2.29. The summed E-state index contributed by atoms with van der Waals surface area (Å²) in [5.74, 6) is -2.42. The topological polar surface area (TPSA) is 102 Å². The first-order chi connectivity index (χ1) is 6.54. The van der Waals surface area contributed by atoms with Gasteiger partial charge < -0.3 is 15.3 Å². The highest BCUT2D eigenvalue weighted by Gasteiger charge is 2.36. The van der Waals surface area contributed by atoms with Gasteiger partial charge in [-0.1, -0.05) is 31.9 Å². The quantitative estimate of drug-likeness (QED) is 0.177. The van der Waals surface area contributed by atoms with Crippen LogP contribution in [-0.2, 0) is 4.57 Å². The lowest BCUT2D eigenvalue weighted by molar-refractivity contribution is -0.147. The third kappa shape index (κ3) is 7.30. The molecule has 0 radical (unpaired) electrons.